The van der Waals surface area contributed by atoms with E-state index in [1.807, 2.05) is 6.92 Å². The molecule has 0 radical (unpaired) electrons. The summed E-state index contributed by atoms with van der Waals surface area (Å²) in [5.41, 5.74) is -2.39. The van der Waals surface area contributed by atoms with E-state index in [9.17, 15) is 10.1 Å². The number of hydrogen-bond donors (Lipinski definition) is 0. The lowest BCUT2D eigenvalue weighted by atomic mass is 10.3. The van der Waals surface area contributed by atoms with Gasteiger partial charge in [0, 0.05) is 17.9 Å². The maximum absolute atomic E-state index is 10.6. The van der Waals surface area contributed by atoms with Crippen LogP contribution < -0.4 is 4.52 Å². The highest BCUT2D eigenvalue weighted by atomic mass is 32.9. The SMILES string of the molecule is CCCSP(=S)(OCC)Oc1ccc([N+](=O)[O-])cc1. The normalized spacial score (nSPS) is 13.8. The van der Waals surface area contributed by atoms with Gasteiger partial charge in [-0.3, -0.25) is 10.1 Å². The lowest BCUT2D eigenvalue weighted by Crippen LogP contribution is -1.96. The van der Waals surface area contributed by atoms with Crippen molar-refractivity contribution in [2.75, 3.05) is 12.4 Å². The first kappa shape index (κ1) is 16.4. The molecule has 0 bridgehead atoms. The first-order chi connectivity index (χ1) is 9.00. The van der Waals surface area contributed by atoms with E-state index in [2.05, 4.69) is 6.92 Å². The zero-order valence-corrected chi connectivity index (χ0v) is 13.3. The zero-order valence-electron chi connectivity index (χ0n) is 10.8. The monoisotopic (exact) mass is 321 g/mol. The van der Waals surface area contributed by atoms with Crippen molar-refractivity contribution in [2.24, 2.45) is 0 Å². The molecule has 0 aliphatic carbocycles. The summed E-state index contributed by atoms with van der Waals surface area (Å²) in [7, 11) is 0. The maximum atomic E-state index is 10.6. The highest BCUT2D eigenvalue weighted by Crippen LogP contribution is 2.60. The van der Waals surface area contributed by atoms with E-state index in [0.717, 1.165) is 12.2 Å². The predicted octanol–water partition coefficient (Wildman–Crippen LogP) is 4.38. The summed E-state index contributed by atoms with van der Waals surface area (Å²) in [6.07, 6.45) is 0.986. The van der Waals surface area contributed by atoms with Gasteiger partial charge in [-0.05, 0) is 37.3 Å². The molecule has 0 N–H and O–H groups in total. The average Bonchev–Trinajstić information content (AvgIpc) is 2.37. The van der Waals surface area contributed by atoms with Crippen molar-refractivity contribution in [1.82, 2.24) is 0 Å². The first-order valence-corrected chi connectivity index (χ1v) is 10.1. The van der Waals surface area contributed by atoms with Gasteiger partial charge in [-0.15, -0.1) is 0 Å². The molecule has 0 amide bonds. The molecule has 1 atom stereocenters. The van der Waals surface area contributed by atoms with Crippen molar-refractivity contribution in [2.45, 2.75) is 20.3 Å². The lowest BCUT2D eigenvalue weighted by molar-refractivity contribution is -0.384. The van der Waals surface area contributed by atoms with E-state index < -0.39 is 10.6 Å². The van der Waals surface area contributed by atoms with Gasteiger partial charge < -0.3 is 9.05 Å². The van der Waals surface area contributed by atoms with Gasteiger partial charge in [0.05, 0.1) is 11.5 Å². The van der Waals surface area contributed by atoms with Crippen LogP contribution >= 0.6 is 17.1 Å². The van der Waals surface area contributed by atoms with E-state index in [1.165, 1.54) is 23.5 Å². The molecule has 1 aromatic rings. The van der Waals surface area contributed by atoms with Crippen molar-refractivity contribution >= 4 is 34.6 Å². The van der Waals surface area contributed by atoms with Gasteiger partial charge in [0.2, 0.25) is 0 Å². The summed E-state index contributed by atoms with van der Waals surface area (Å²) < 4.78 is 11.3. The van der Waals surface area contributed by atoms with Crippen LogP contribution in [0.15, 0.2) is 24.3 Å². The molecule has 1 aromatic carbocycles. The Bertz CT molecular complexity index is 466. The van der Waals surface area contributed by atoms with E-state index in [4.69, 9.17) is 20.9 Å². The van der Waals surface area contributed by atoms with Crippen LogP contribution in [0, 0.1) is 10.1 Å². The summed E-state index contributed by atoms with van der Waals surface area (Å²) in [5.74, 6) is 1.37. The smallest absolute Gasteiger partial charge is 0.297 e. The minimum Gasteiger partial charge on any atom is -0.436 e. The third-order valence-electron chi connectivity index (χ3n) is 2.01. The third kappa shape index (κ3) is 5.48. The van der Waals surface area contributed by atoms with Crippen molar-refractivity contribution in [3.63, 3.8) is 0 Å². The summed E-state index contributed by atoms with van der Waals surface area (Å²) in [6.45, 7) is 4.41. The predicted molar refractivity (Wildman–Crippen MR) is 82.4 cm³/mol. The molecule has 0 fully saturated rings. The van der Waals surface area contributed by atoms with Crippen LogP contribution in [0.3, 0.4) is 0 Å². The zero-order chi connectivity index (χ0) is 14.3. The number of nitrogens with zero attached hydrogens (tertiary/aromatic N) is 1. The molecule has 0 heterocycles. The van der Waals surface area contributed by atoms with Crippen molar-refractivity contribution in [1.29, 1.82) is 0 Å². The van der Waals surface area contributed by atoms with Crippen LogP contribution in [-0.2, 0) is 16.3 Å². The number of nitro groups is 1. The molecule has 0 aliphatic heterocycles. The maximum Gasteiger partial charge on any atom is 0.297 e. The molecule has 0 aromatic heterocycles. The molecule has 0 spiro atoms. The highest BCUT2D eigenvalue weighted by Gasteiger charge is 2.21. The van der Waals surface area contributed by atoms with Crippen LogP contribution in [0.2, 0.25) is 0 Å². The molecule has 8 heteroatoms. The van der Waals surface area contributed by atoms with Crippen LogP contribution in [-0.4, -0.2) is 17.3 Å². The quantitative estimate of drug-likeness (QED) is 0.402. The molecule has 0 saturated carbocycles. The van der Waals surface area contributed by atoms with Crippen molar-refractivity contribution in [3.05, 3.63) is 34.4 Å². The van der Waals surface area contributed by atoms with Crippen LogP contribution in [0.25, 0.3) is 0 Å². The fourth-order valence-electron chi connectivity index (χ4n) is 1.21. The van der Waals surface area contributed by atoms with Gasteiger partial charge in [-0.2, -0.15) is 0 Å². The molecular weight excluding hydrogens is 305 g/mol. The molecule has 106 valence electrons. The van der Waals surface area contributed by atoms with Gasteiger partial charge in [0.15, 0.2) is 0 Å². The molecule has 0 saturated heterocycles. The topological polar surface area (TPSA) is 61.6 Å². The summed E-state index contributed by atoms with van der Waals surface area (Å²) in [4.78, 5) is 10.1. The number of rotatable bonds is 8. The molecule has 5 nitrogen and oxygen atoms in total. The largest absolute Gasteiger partial charge is 0.436 e. The standard InChI is InChI=1S/C11H16NO4PS2/c1-3-9-19-17(18,15-4-2)16-11-7-5-10(6-8-11)12(13)14/h5-8H,3-4,9H2,1-2H3. The molecule has 1 unspecified atom stereocenters. The van der Waals surface area contributed by atoms with Gasteiger partial charge in [-0.1, -0.05) is 18.3 Å². The van der Waals surface area contributed by atoms with Gasteiger partial charge in [0.25, 0.3) is 11.4 Å². The van der Waals surface area contributed by atoms with Gasteiger partial charge in [-0.25, -0.2) is 0 Å². The Morgan fingerprint density at radius 3 is 2.47 bits per heavy atom. The average molecular weight is 321 g/mol. The molecule has 0 aliphatic rings. The number of hydrogen-bond acceptors (Lipinski definition) is 6. The van der Waals surface area contributed by atoms with Gasteiger partial charge in [0.1, 0.15) is 5.75 Å². The van der Waals surface area contributed by atoms with Crippen molar-refractivity contribution < 1.29 is 14.0 Å². The van der Waals surface area contributed by atoms with E-state index >= 15 is 0 Å². The fraction of sp³-hybridized carbons (Fsp3) is 0.455. The second kappa shape index (κ2) is 7.85. The Kier molecular flexibility index (Phi) is 6.79. The number of non-ortho nitro benzene ring substituents is 1. The number of nitro benzene ring substituents is 1. The minimum absolute atomic E-state index is 0.0262. The van der Waals surface area contributed by atoms with E-state index in [-0.39, 0.29) is 5.69 Å². The van der Waals surface area contributed by atoms with Crippen molar-refractivity contribution in [3.8, 4) is 5.75 Å². The summed E-state index contributed by atoms with van der Waals surface area (Å²) in [6, 6.07) is 5.88. The van der Waals surface area contributed by atoms with E-state index in [0.29, 0.717) is 12.4 Å². The van der Waals surface area contributed by atoms with Crippen LogP contribution in [0.1, 0.15) is 20.3 Å². The Morgan fingerprint density at radius 1 is 1.37 bits per heavy atom. The second-order valence-electron chi connectivity index (χ2n) is 3.54. The summed E-state index contributed by atoms with van der Waals surface area (Å²) in [5, 5.41) is 10.6. The van der Waals surface area contributed by atoms with Crippen LogP contribution in [0.4, 0.5) is 5.69 Å². The summed E-state index contributed by atoms with van der Waals surface area (Å²) >= 11 is 6.93. The molecule has 1 rings (SSSR count). The molecular formula is C11H16NO4PS2. The molecule has 19 heavy (non-hydrogen) atoms. The Labute approximate surface area is 121 Å². The fourth-order valence-corrected chi connectivity index (χ4v) is 5.91. The minimum atomic E-state index is -2.42. The first-order valence-electron chi connectivity index (χ1n) is 5.84. The Morgan fingerprint density at radius 2 is 2.00 bits per heavy atom. The Hall–Kier alpha value is -0.620. The van der Waals surface area contributed by atoms with Gasteiger partial charge >= 0.3 is 0 Å². The second-order valence-corrected chi connectivity index (χ2v) is 9.89. The third-order valence-corrected chi connectivity index (χ3v) is 7.45. The lowest BCUT2D eigenvalue weighted by Gasteiger charge is -2.21. The van der Waals surface area contributed by atoms with Crippen LogP contribution in [0.5, 0.6) is 5.75 Å². The highest BCUT2D eigenvalue weighted by molar-refractivity contribution is 8.68. The van der Waals surface area contributed by atoms with E-state index in [1.54, 1.807) is 12.1 Å². The number of benzene rings is 1. The Balaban J connectivity index is 2.78.